The lowest BCUT2D eigenvalue weighted by Crippen LogP contribution is -2.30. The average molecular weight is 245 g/mol. The molecule has 0 aliphatic rings. The van der Waals surface area contributed by atoms with Crippen molar-refractivity contribution in [2.24, 2.45) is 0 Å². The summed E-state index contributed by atoms with van der Waals surface area (Å²) < 4.78 is 5.01. The van der Waals surface area contributed by atoms with Gasteiger partial charge < -0.3 is 4.52 Å². The van der Waals surface area contributed by atoms with E-state index >= 15 is 0 Å². The number of amides is 1. The topological polar surface area (TPSA) is 67.2 Å². The van der Waals surface area contributed by atoms with Gasteiger partial charge in [0.05, 0.1) is 17.8 Å². The highest BCUT2D eigenvalue weighted by Gasteiger charge is 2.12. The highest BCUT2D eigenvalue weighted by atomic mass is 16.5. The number of nitrogens with one attached hydrogen (secondary N) is 2. The molecule has 2 N–H and O–H groups in total. The Morgan fingerprint density at radius 1 is 1.28 bits per heavy atom. The molecule has 5 heteroatoms. The van der Waals surface area contributed by atoms with E-state index in [9.17, 15) is 4.79 Å². The molecule has 94 valence electrons. The van der Waals surface area contributed by atoms with E-state index in [0.717, 1.165) is 16.9 Å². The van der Waals surface area contributed by atoms with Crippen LogP contribution < -0.4 is 10.9 Å². The Balaban J connectivity index is 1.90. The number of anilines is 1. The number of hydrazine groups is 1. The minimum Gasteiger partial charge on any atom is -0.361 e. The van der Waals surface area contributed by atoms with Gasteiger partial charge in [0.25, 0.3) is 0 Å². The molecule has 0 bridgehead atoms. The van der Waals surface area contributed by atoms with Crippen LogP contribution >= 0.6 is 0 Å². The Morgan fingerprint density at radius 2 is 2.00 bits per heavy atom. The van der Waals surface area contributed by atoms with Gasteiger partial charge in [-0.2, -0.15) is 0 Å². The molecule has 2 aromatic rings. The summed E-state index contributed by atoms with van der Waals surface area (Å²) in [6, 6.07) is 9.44. The van der Waals surface area contributed by atoms with E-state index in [1.165, 1.54) is 0 Å². The molecule has 1 amide bonds. The molecule has 0 fully saturated rings. The second kappa shape index (κ2) is 5.35. The zero-order valence-corrected chi connectivity index (χ0v) is 10.4. The molecule has 1 heterocycles. The van der Waals surface area contributed by atoms with E-state index in [4.69, 9.17) is 4.52 Å². The number of nitrogens with zero attached hydrogens (tertiary/aromatic N) is 1. The van der Waals surface area contributed by atoms with Gasteiger partial charge in [-0.3, -0.25) is 15.6 Å². The first kappa shape index (κ1) is 12.2. The SMILES string of the molecule is Cc1noc(C)c1CC(=O)NNc1ccccc1. The number of aromatic nitrogens is 1. The molecule has 0 unspecified atom stereocenters. The first-order valence-corrected chi connectivity index (χ1v) is 5.68. The van der Waals surface area contributed by atoms with Gasteiger partial charge in [0.2, 0.25) is 5.91 Å². The predicted octanol–water partition coefficient (Wildman–Crippen LogP) is 1.98. The number of rotatable bonds is 4. The third-order valence-electron chi connectivity index (χ3n) is 2.64. The molecule has 0 saturated carbocycles. The van der Waals surface area contributed by atoms with Crippen LogP contribution in [0, 0.1) is 13.8 Å². The summed E-state index contributed by atoms with van der Waals surface area (Å²) in [5.74, 6) is 0.551. The molecule has 2 rings (SSSR count). The van der Waals surface area contributed by atoms with Crippen molar-refractivity contribution >= 4 is 11.6 Å². The van der Waals surface area contributed by atoms with Crippen LogP contribution in [-0.4, -0.2) is 11.1 Å². The molecular formula is C13H15N3O2. The molecule has 0 aliphatic heterocycles. The van der Waals surface area contributed by atoms with Gasteiger partial charge in [-0.25, -0.2) is 0 Å². The highest BCUT2D eigenvalue weighted by molar-refractivity contribution is 5.80. The van der Waals surface area contributed by atoms with Crippen molar-refractivity contribution in [2.45, 2.75) is 20.3 Å². The molecule has 0 atom stereocenters. The molecule has 1 aromatic carbocycles. The summed E-state index contributed by atoms with van der Waals surface area (Å²) >= 11 is 0. The second-order valence-electron chi connectivity index (χ2n) is 4.02. The number of hydrogen-bond acceptors (Lipinski definition) is 4. The summed E-state index contributed by atoms with van der Waals surface area (Å²) in [5, 5.41) is 3.81. The van der Waals surface area contributed by atoms with Crippen molar-refractivity contribution in [3.05, 3.63) is 47.3 Å². The van der Waals surface area contributed by atoms with Crippen molar-refractivity contribution < 1.29 is 9.32 Å². The van der Waals surface area contributed by atoms with Crippen LogP contribution in [0.1, 0.15) is 17.0 Å². The van der Waals surface area contributed by atoms with E-state index in [1.807, 2.05) is 37.3 Å². The predicted molar refractivity (Wildman–Crippen MR) is 67.9 cm³/mol. The molecule has 0 spiro atoms. The fourth-order valence-electron chi connectivity index (χ4n) is 1.62. The Hall–Kier alpha value is -2.30. The lowest BCUT2D eigenvalue weighted by Gasteiger charge is -2.07. The van der Waals surface area contributed by atoms with Crippen molar-refractivity contribution in [2.75, 3.05) is 5.43 Å². The van der Waals surface area contributed by atoms with Gasteiger partial charge in [0.1, 0.15) is 5.76 Å². The van der Waals surface area contributed by atoms with Gasteiger partial charge in [-0.15, -0.1) is 0 Å². The fraction of sp³-hybridized carbons (Fsp3) is 0.231. The lowest BCUT2D eigenvalue weighted by atomic mass is 10.1. The first-order chi connectivity index (χ1) is 8.66. The maximum Gasteiger partial charge on any atom is 0.242 e. The summed E-state index contributed by atoms with van der Waals surface area (Å²) in [5.41, 5.74) is 7.90. The third kappa shape index (κ3) is 2.88. The molecule has 1 aromatic heterocycles. The monoisotopic (exact) mass is 245 g/mol. The smallest absolute Gasteiger partial charge is 0.242 e. The van der Waals surface area contributed by atoms with E-state index in [1.54, 1.807) is 6.92 Å². The Bertz CT molecular complexity index is 515. The molecule has 0 aliphatic carbocycles. The molecule has 18 heavy (non-hydrogen) atoms. The van der Waals surface area contributed by atoms with Crippen molar-refractivity contribution in [1.29, 1.82) is 0 Å². The van der Waals surface area contributed by atoms with Crippen LogP contribution in [0.3, 0.4) is 0 Å². The van der Waals surface area contributed by atoms with Crippen molar-refractivity contribution in [3.63, 3.8) is 0 Å². The quantitative estimate of drug-likeness (QED) is 0.808. The summed E-state index contributed by atoms with van der Waals surface area (Å²) in [6.45, 7) is 3.62. The van der Waals surface area contributed by atoms with Gasteiger partial charge in [0, 0.05) is 5.56 Å². The van der Waals surface area contributed by atoms with Crippen LogP contribution in [-0.2, 0) is 11.2 Å². The van der Waals surface area contributed by atoms with E-state index in [-0.39, 0.29) is 12.3 Å². The van der Waals surface area contributed by atoms with Crippen LogP contribution in [0.25, 0.3) is 0 Å². The average Bonchev–Trinajstić information content (AvgIpc) is 2.69. The van der Waals surface area contributed by atoms with E-state index in [0.29, 0.717) is 5.76 Å². The first-order valence-electron chi connectivity index (χ1n) is 5.68. The minimum absolute atomic E-state index is 0.131. The second-order valence-corrected chi connectivity index (χ2v) is 4.02. The Labute approximate surface area is 105 Å². The number of carbonyl (C=O) groups is 1. The van der Waals surface area contributed by atoms with Crippen LogP contribution in [0.5, 0.6) is 0 Å². The standard InChI is InChI=1S/C13H15N3O2/c1-9-12(10(2)18-16-9)8-13(17)15-14-11-6-4-3-5-7-11/h3-7,14H,8H2,1-2H3,(H,15,17). The van der Waals surface area contributed by atoms with E-state index < -0.39 is 0 Å². The number of carbonyl (C=O) groups excluding carboxylic acids is 1. The van der Waals surface area contributed by atoms with Gasteiger partial charge >= 0.3 is 0 Å². The fourth-order valence-corrected chi connectivity index (χ4v) is 1.62. The number of para-hydroxylation sites is 1. The van der Waals surface area contributed by atoms with Crippen molar-refractivity contribution in [1.82, 2.24) is 10.6 Å². The maximum atomic E-state index is 11.7. The largest absolute Gasteiger partial charge is 0.361 e. The molecule has 5 nitrogen and oxygen atoms in total. The number of benzene rings is 1. The zero-order chi connectivity index (χ0) is 13.0. The van der Waals surface area contributed by atoms with Gasteiger partial charge in [-0.1, -0.05) is 23.4 Å². The van der Waals surface area contributed by atoms with Crippen LogP contribution in [0.15, 0.2) is 34.9 Å². The minimum atomic E-state index is -0.131. The Morgan fingerprint density at radius 3 is 2.61 bits per heavy atom. The number of aryl methyl sites for hydroxylation is 2. The summed E-state index contributed by atoms with van der Waals surface area (Å²) in [7, 11) is 0. The molecule has 0 radical (unpaired) electrons. The van der Waals surface area contributed by atoms with Crippen LogP contribution in [0.2, 0.25) is 0 Å². The van der Waals surface area contributed by atoms with Crippen molar-refractivity contribution in [3.8, 4) is 0 Å². The lowest BCUT2D eigenvalue weighted by molar-refractivity contribution is -0.119. The summed E-state index contributed by atoms with van der Waals surface area (Å²) in [4.78, 5) is 11.7. The maximum absolute atomic E-state index is 11.7. The molecular weight excluding hydrogens is 230 g/mol. The van der Waals surface area contributed by atoms with Gasteiger partial charge in [-0.05, 0) is 26.0 Å². The third-order valence-corrected chi connectivity index (χ3v) is 2.64. The molecule has 0 saturated heterocycles. The van der Waals surface area contributed by atoms with Crippen LogP contribution in [0.4, 0.5) is 5.69 Å². The highest BCUT2D eigenvalue weighted by Crippen LogP contribution is 2.12. The van der Waals surface area contributed by atoms with Gasteiger partial charge in [0.15, 0.2) is 0 Å². The number of hydrogen-bond donors (Lipinski definition) is 2. The summed E-state index contributed by atoms with van der Waals surface area (Å²) in [6.07, 6.45) is 0.251. The van der Waals surface area contributed by atoms with E-state index in [2.05, 4.69) is 16.0 Å². The normalized spacial score (nSPS) is 10.1. The zero-order valence-electron chi connectivity index (χ0n) is 10.4. The Kier molecular flexibility index (Phi) is 3.62.